The fraction of sp³-hybridized carbons (Fsp3) is 0.917. The molecule has 0 aliphatic carbocycles. The van der Waals surface area contributed by atoms with Gasteiger partial charge in [-0.2, -0.15) is 0 Å². The van der Waals surface area contributed by atoms with Gasteiger partial charge in [0.2, 0.25) is 0 Å². The summed E-state index contributed by atoms with van der Waals surface area (Å²) in [6.45, 7) is 11.5. The van der Waals surface area contributed by atoms with Crippen molar-refractivity contribution in [2.45, 2.75) is 118 Å². The molecule has 0 rings (SSSR count). The Hall–Kier alpha value is -1.06. The molecular weight excluding hydrogens is 352 g/mol. The molecule has 166 valence electrons. The molecular formula is C24H46O4. The standard InChI is InChI=1S/C24H46O4/c1-6-8-10-12-14-16-22(25)27-19-21(18-24(3,4)5)20-28-23(26)17-15-13-11-9-7-2/h21H,6-20H2,1-5H3. The van der Waals surface area contributed by atoms with Crippen LogP contribution in [0.4, 0.5) is 0 Å². The molecule has 0 radical (unpaired) electrons. The smallest absolute Gasteiger partial charge is 0.305 e. The van der Waals surface area contributed by atoms with Crippen LogP contribution in [0.25, 0.3) is 0 Å². The highest BCUT2D eigenvalue weighted by molar-refractivity contribution is 5.69. The van der Waals surface area contributed by atoms with Gasteiger partial charge in [0.1, 0.15) is 0 Å². The van der Waals surface area contributed by atoms with Gasteiger partial charge in [0, 0.05) is 18.8 Å². The van der Waals surface area contributed by atoms with Crippen molar-refractivity contribution in [3.8, 4) is 0 Å². The van der Waals surface area contributed by atoms with E-state index in [1.165, 1.54) is 38.5 Å². The number of esters is 2. The number of hydrogen-bond acceptors (Lipinski definition) is 4. The van der Waals surface area contributed by atoms with Gasteiger partial charge in [0.15, 0.2) is 0 Å². The minimum absolute atomic E-state index is 0.0630. The summed E-state index contributed by atoms with van der Waals surface area (Å²) in [5, 5.41) is 0. The summed E-state index contributed by atoms with van der Waals surface area (Å²) in [6, 6.07) is 0. The molecule has 0 heterocycles. The summed E-state index contributed by atoms with van der Waals surface area (Å²) < 4.78 is 11.0. The van der Waals surface area contributed by atoms with Gasteiger partial charge in [0.05, 0.1) is 13.2 Å². The van der Waals surface area contributed by atoms with Crippen molar-refractivity contribution in [3.05, 3.63) is 0 Å². The maximum atomic E-state index is 12.0. The molecule has 0 atom stereocenters. The molecule has 28 heavy (non-hydrogen) atoms. The molecule has 0 saturated carbocycles. The number of carbonyl (C=O) groups excluding carboxylic acids is 2. The third-order valence-corrected chi connectivity index (χ3v) is 4.83. The second kappa shape index (κ2) is 16.9. The normalized spacial score (nSPS) is 11.6. The fourth-order valence-electron chi connectivity index (χ4n) is 3.34. The molecule has 0 aliphatic rings. The molecule has 0 fully saturated rings. The van der Waals surface area contributed by atoms with E-state index in [-0.39, 0.29) is 23.3 Å². The predicted molar refractivity (Wildman–Crippen MR) is 116 cm³/mol. The van der Waals surface area contributed by atoms with Crippen molar-refractivity contribution in [3.63, 3.8) is 0 Å². The second-order valence-electron chi connectivity index (χ2n) is 9.33. The number of unbranched alkanes of at least 4 members (excludes halogenated alkanes) is 8. The molecule has 0 aliphatic heterocycles. The third-order valence-electron chi connectivity index (χ3n) is 4.83. The second-order valence-corrected chi connectivity index (χ2v) is 9.33. The van der Waals surface area contributed by atoms with Crippen LogP contribution in [0.5, 0.6) is 0 Å². The molecule has 4 heteroatoms. The highest BCUT2D eigenvalue weighted by atomic mass is 16.5. The SMILES string of the molecule is CCCCCCCC(=O)OCC(COC(=O)CCCCCCC)CC(C)(C)C. The van der Waals surface area contributed by atoms with E-state index in [9.17, 15) is 9.59 Å². The zero-order chi connectivity index (χ0) is 21.3. The Bertz CT molecular complexity index is 368. The monoisotopic (exact) mass is 398 g/mol. The van der Waals surface area contributed by atoms with Crippen LogP contribution < -0.4 is 0 Å². The van der Waals surface area contributed by atoms with Gasteiger partial charge in [0.25, 0.3) is 0 Å². The highest BCUT2D eigenvalue weighted by Gasteiger charge is 2.22. The largest absolute Gasteiger partial charge is 0.465 e. The molecule has 0 aromatic rings. The van der Waals surface area contributed by atoms with Crippen LogP contribution in [0.3, 0.4) is 0 Å². The summed E-state index contributed by atoms with van der Waals surface area (Å²) in [7, 11) is 0. The van der Waals surface area contributed by atoms with Crippen molar-refractivity contribution in [1.82, 2.24) is 0 Å². The molecule has 0 spiro atoms. The number of rotatable bonds is 17. The predicted octanol–water partition coefficient (Wildman–Crippen LogP) is 6.85. The van der Waals surface area contributed by atoms with E-state index in [1.54, 1.807) is 0 Å². The Morgan fingerprint density at radius 2 is 1.07 bits per heavy atom. The van der Waals surface area contributed by atoms with E-state index >= 15 is 0 Å². The van der Waals surface area contributed by atoms with Crippen LogP contribution in [-0.4, -0.2) is 25.2 Å². The molecule has 0 saturated heterocycles. The van der Waals surface area contributed by atoms with Crippen molar-refractivity contribution in [2.24, 2.45) is 11.3 Å². The van der Waals surface area contributed by atoms with Crippen LogP contribution in [0, 0.1) is 11.3 Å². The summed E-state index contributed by atoms with van der Waals surface area (Å²) >= 11 is 0. The van der Waals surface area contributed by atoms with Crippen molar-refractivity contribution < 1.29 is 19.1 Å². The average molecular weight is 399 g/mol. The summed E-state index contributed by atoms with van der Waals surface area (Å²) in [5.74, 6) is -0.191. The Labute approximate surface area is 174 Å². The molecule has 0 aromatic heterocycles. The Kier molecular flexibility index (Phi) is 16.2. The van der Waals surface area contributed by atoms with Crippen LogP contribution in [0.2, 0.25) is 0 Å². The first kappa shape index (κ1) is 26.9. The maximum Gasteiger partial charge on any atom is 0.305 e. The van der Waals surface area contributed by atoms with Crippen LogP contribution in [0.1, 0.15) is 118 Å². The van der Waals surface area contributed by atoms with E-state index in [1.807, 2.05) is 0 Å². The lowest BCUT2D eigenvalue weighted by Crippen LogP contribution is -2.25. The molecule has 4 nitrogen and oxygen atoms in total. The summed E-state index contributed by atoms with van der Waals surface area (Å²) in [6.07, 6.45) is 13.1. The Balaban J connectivity index is 4.14. The summed E-state index contributed by atoms with van der Waals surface area (Å²) in [5.41, 5.74) is 0.101. The van der Waals surface area contributed by atoms with E-state index in [4.69, 9.17) is 9.47 Å². The Morgan fingerprint density at radius 3 is 1.43 bits per heavy atom. The minimum Gasteiger partial charge on any atom is -0.465 e. The average Bonchev–Trinajstić information content (AvgIpc) is 2.62. The molecule has 0 bridgehead atoms. The van der Waals surface area contributed by atoms with Crippen molar-refractivity contribution in [2.75, 3.05) is 13.2 Å². The number of hydrogen-bond donors (Lipinski definition) is 0. The van der Waals surface area contributed by atoms with E-state index < -0.39 is 0 Å². The van der Waals surface area contributed by atoms with Gasteiger partial charge >= 0.3 is 11.9 Å². The molecule has 0 amide bonds. The fourth-order valence-corrected chi connectivity index (χ4v) is 3.34. The van der Waals surface area contributed by atoms with Gasteiger partial charge < -0.3 is 9.47 Å². The quantitative estimate of drug-likeness (QED) is 0.199. The van der Waals surface area contributed by atoms with Gasteiger partial charge in [-0.1, -0.05) is 86.0 Å². The van der Waals surface area contributed by atoms with Crippen molar-refractivity contribution >= 4 is 11.9 Å². The zero-order valence-corrected chi connectivity index (χ0v) is 19.3. The van der Waals surface area contributed by atoms with E-state index in [2.05, 4.69) is 34.6 Å². The van der Waals surface area contributed by atoms with Crippen LogP contribution >= 0.6 is 0 Å². The first-order valence-electron chi connectivity index (χ1n) is 11.6. The minimum atomic E-state index is -0.127. The third kappa shape index (κ3) is 18.3. The first-order valence-corrected chi connectivity index (χ1v) is 11.6. The molecule has 0 N–H and O–H groups in total. The summed E-state index contributed by atoms with van der Waals surface area (Å²) in [4.78, 5) is 24.0. The first-order chi connectivity index (χ1) is 13.3. The van der Waals surface area contributed by atoms with Gasteiger partial charge in [-0.15, -0.1) is 0 Å². The van der Waals surface area contributed by atoms with E-state index in [0.717, 1.165) is 32.1 Å². The zero-order valence-electron chi connectivity index (χ0n) is 19.3. The highest BCUT2D eigenvalue weighted by Crippen LogP contribution is 2.25. The van der Waals surface area contributed by atoms with Crippen molar-refractivity contribution in [1.29, 1.82) is 0 Å². The topological polar surface area (TPSA) is 52.6 Å². The lowest BCUT2D eigenvalue weighted by molar-refractivity contribution is -0.149. The lowest BCUT2D eigenvalue weighted by Gasteiger charge is -2.25. The lowest BCUT2D eigenvalue weighted by atomic mass is 9.85. The van der Waals surface area contributed by atoms with Crippen LogP contribution in [-0.2, 0) is 19.1 Å². The van der Waals surface area contributed by atoms with E-state index in [0.29, 0.717) is 26.1 Å². The Morgan fingerprint density at radius 1 is 0.679 bits per heavy atom. The van der Waals surface area contributed by atoms with Crippen LogP contribution in [0.15, 0.2) is 0 Å². The van der Waals surface area contributed by atoms with Gasteiger partial charge in [-0.25, -0.2) is 0 Å². The number of carbonyl (C=O) groups is 2. The van der Waals surface area contributed by atoms with Gasteiger partial charge in [-0.05, 0) is 24.7 Å². The maximum absolute atomic E-state index is 12.0. The molecule has 0 unspecified atom stereocenters. The van der Waals surface area contributed by atoms with Gasteiger partial charge in [-0.3, -0.25) is 9.59 Å². The number of ether oxygens (including phenoxy) is 2. The molecule has 0 aromatic carbocycles.